The molecule has 0 bridgehead atoms. The number of ether oxygens (including phenoxy) is 1. The highest BCUT2D eigenvalue weighted by molar-refractivity contribution is 8.00. The first-order valence-corrected chi connectivity index (χ1v) is 12.1. The van der Waals surface area contributed by atoms with Crippen molar-refractivity contribution < 1.29 is 14.3 Å². The van der Waals surface area contributed by atoms with Crippen LogP contribution in [0.1, 0.15) is 36.4 Å². The summed E-state index contributed by atoms with van der Waals surface area (Å²) in [6.45, 7) is 0. The third-order valence-corrected chi connectivity index (χ3v) is 7.36. The van der Waals surface area contributed by atoms with E-state index in [4.69, 9.17) is 21.3 Å². The normalized spacial score (nSPS) is 17.7. The maximum Gasteiger partial charge on any atom is 0.247 e. The monoisotopic (exact) mass is 489 g/mol. The summed E-state index contributed by atoms with van der Waals surface area (Å²) >= 11 is 7.25. The highest BCUT2D eigenvalue weighted by Crippen LogP contribution is 2.44. The molecule has 1 aliphatic heterocycles. The van der Waals surface area contributed by atoms with E-state index in [0.717, 1.165) is 29.7 Å². The Morgan fingerprint density at radius 3 is 2.59 bits per heavy atom. The van der Waals surface area contributed by atoms with Gasteiger partial charge in [-0.05, 0) is 48.7 Å². The summed E-state index contributed by atoms with van der Waals surface area (Å²) in [5, 5.41) is 10.5. The first kappa shape index (κ1) is 22.5. The second kappa shape index (κ2) is 9.13. The van der Waals surface area contributed by atoms with E-state index < -0.39 is 5.25 Å². The van der Waals surface area contributed by atoms with Gasteiger partial charge in [0.2, 0.25) is 11.8 Å². The summed E-state index contributed by atoms with van der Waals surface area (Å²) in [7, 11) is 1.53. The summed E-state index contributed by atoms with van der Waals surface area (Å²) in [4.78, 5) is 32.0. The van der Waals surface area contributed by atoms with E-state index in [1.165, 1.54) is 23.8 Å². The summed E-state index contributed by atoms with van der Waals surface area (Å²) in [6, 6.07) is 18.4. The second-order valence-electron chi connectivity index (χ2n) is 8.25. The number of rotatable bonds is 6. The molecule has 1 saturated carbocycles. The van der Waals surface area contributed by atoms with E-state index in [2.05, 4.69) is 6.07 Å². The minimum atomic E-state index is -0.661. The predicted molar refractivity (Wildman–Crippen MR) is 131 cm³/mol. The Hall–Kier alpha value is -3.34. The van der Waals surface area contributed by atoms with Crippen molar-refractivity contribution in [3.63, 3.8) is 0 Å². The van der Waals surface area contributed by atoms with Gasteiger partial charge in [-0.3, -0.25) is 9.59 Å². The lowest BCUT2D eigenvalue weighted by Gasteiger charge is -2.16. The molecule has 170 valence electrons. The van der Waals surface area contributed by atoms with Crippen LogP contribution in [0.15, 0.2) is 59.6 Å². The zero-order valence-corrected chi connectivity index (χ0v) is 19.9. The molecule has 2 fully saturated rings. The lowest BCUT2D eigenvalue weighted by molar-refractivity contribution is -0.121. The standard InChI is InChI=1S/C26H20ClN3O3S/c1-33-19-4-2-3-18(11-19)30-24(31)13-23(26(30)32)34-25-21(14-28)20(12-22(29-25)16-5-6-16)15-7-9-17(27)10-8-15/h2-4,7-12,16,23H,5-6,13H2,1H3/t23-/m0/s1. The summed E-state index contributed by atoms with van der Waals surface area (Å²) < 4.78 is 5.23. The molecule has 0 unspecified atom stereocenters. The fourth-order valence-corrected chi connectivity index (χ4v) is 5.29. The highest BCUT2D eigenvalue weighted by Gasteiger charge is 2.41. The molecule has 2 aliphatic rings. The van der Waals surface area contributed by atoms with Crippen LogP contribution < -0.4 is 9.64 Å². The van der Waals surface area contributed by atoms with Crippen molar-refractivity contribution in [3.8, 4) is 22.9 Å². The lowest BCUT2D eigenvalue weighted by atomic mass is 10.0. The molecule has 8 heteroatoms. The Labute approximate surface area is 206 Å². The maximum atomic E-state index is 13.3. The average Bonchev–Trinajstić information content (AvgIpc) is 3.65. The number of nitrogens with zero attached hydrogens (tertiary/aromatic N) is 3. The van der Waals surface area contributed by atoms with Gasteiger partial charge in [-0.2, -0.15) is 5.26 Å². The van der Waals surface area contributed by atoms with Crippen molar-refractivity contribution in [3.05, 3.63) is 70.9 Å². The van der Waals surface area contributed by atoms with Crippen molar-refractivity contribution >= 4 is 40.9 Å². The van der Waals surface area contributed by atoms with Crippen LogP contribution in [0.5, 0.6) is 5.75 Å². The van der Waals surface area contributed by atoms with Gasteiger partial charge in [-0.25, -0.2) is 9.88 Å². The minimum Gasteiger partial charge on any atom is -0.497 e. The number of halogens is 1. The topological polar surface area (TPSA) is 83.3 Å². The second-order valence-corrected chi connectivity index (χ2v) is 9.88. The van der Waals surface area contributed by atoms with Gasteiger partial charge in [0, 0.05) is 34.7 Å². The van der Waals surface area contributed by atoms with Crippen LogP contribution in [-0.2, 0) is 9.59 Å². The van der Waals surface area contributed by atoms with Crippen molar-refractivity contribution in [1.82, 2.24) is 4.98 Å². The predicted octanol–water partition coefficient (Wildman–Crippen LogP) is 5.58. The molecule has 34 heavy (non-hydrogen) atoms. The number of carbonyl (C=O) groups is 2. The number of carbonyl (C=O) groups excluding carboxylic acids is 2. The number of nitriles is 1. The van der Waals surface area contributed by atoms with Crippen molar-refractivity contribution in [2.75, 3.05) is 12.0 Å². The molecular formula is C26H20ClN3O3S. The SMILES string of the molecule is COc1cccc(N2C(=O)C[C@H](Sc3nc(C4CC4)cc(-c4ccc(Cl)cc4)c3C#N)C2=O)c1. The average molecular weight is 490 g/mol. The Kier molecular flexibility index (Phi) is 6.03. The largest absolute Gasteiger partial charge is 0.497 e. The summed E-state index contributed by atoms with van der Waals surface area (Å²) in [6.07, 6.45) is 2.14. The Morgan fingerprint density at radius 2 is 1.91 bits per heavy atom. The van der Waals surface area contributed by atoms with Crippen LogP contribution in [0.25, 0.3) is 11.1 Å². The zero-order chi connectivity index (χ0) is 23.8. The number of aromatic nitrogens is 1. The number of pyridine rings is 1. The Bertz CT molecular complexity index is 1330. The van der Waals surface area contributed by atoms with Crippen LogP contribution in [0.3, 0.4) is 0 Å². The molecule has 3 aromatic rings. The lowest BCUT2D eigenvalue weighted by Crippen LogP contribution is -2.31. The van der Waals surface area contributed by atoms with Gasteiger partial charge >= 0.3 is 0 Å². The first-order chi connectivity index (χ1) is 16.5. The molecule has 1 aliphatic carbocycles. The van der Waals surface area contributed by atoms with E-state index in [-0.39, 0.29) is 18.2 Å². The zero-order valence-electron chi connectivity index (χ0n) is 18.3. The van der Waals surface area contributed by atoms with Crippen LogP contribution in [0.4, 0.5) is 5.69 Å². The number of hydrogen-bond acceptors (Lipinski definition) is 6. The quantitative estimate of drug-likeness (QED) is 0.420. The number of methoxy groups -OCH3 is 1. The van der Waals surface area contributed by atoms with Crippen LogP contribution >= 0.6 is 23.4 Å². The molecule has 1 aromatic heterocycles. The first-order valence-electron chi connectivity index (χ1n) is 10.9. The molecular weight excluding hydrogens is 470 g/mol. The van der Waals surface area contributed by atoms with Gasteiger partial charge in [0.15, 0.2) is 0 Å². The number of anilines is 1. The van der Waals surface area contributed by atoms with E-state index in [9.17, 15) is 14.9 Å². The van der Waals surface area contributed by atoms with Gasteiger partial charge < -0.3 is 4.74 Å². The van der Waals surface area contributed by atoms with E-state index in [1.807, 2.05) is 18.2 Å². The van der Waals surface area contributed by atoms with Gasteiger partial charge in [0.25, 0.3) is 0 Å². The molecule has 0 radical (unpaired) electrons. The number of amides is 2. The third kappa shape index (κ3) is 4.27. The molecule has 2 heterocycles. The third-order valence-electron chi connectivity index (χ3n) is 5.94. The fraction of sp³-hybridized carbons (Fsp3) is 0.231. The van der Waals surface area contributed by atoms with Crippen LogP contribution in [0, 0.1) is 11.3 Å². The van der Waals surface area contributed by atoms with E-state index >= 15 is 0 Å². The summed E-state index contributed by atoms with van der Waals surface area (Å²) in [5.74, 6) is 0.309. The van der Waals surface area contributed by atoms with Gasteiger partial charge in [-0.1, -0.05) is 41.6 Å². The molecule has 2 amide bonds. The molecule has 5 rings (SSSR count). The molecule has 2 aromatic carbocycles. The van der Waals surface area contributed by atoms with Crippen LogP contribution in [0.2, 0.25) is 5.02 Å². The van der Waals surface area contributed by atoms with Gasteiger partial charge in [0.05, 0.1) is 23.6 Å². The number of imide groups is 1. The number of thioether (sulfide) groups is 1. The molecule has 1 atom stereocenters. The summed E-state index contributed by atoms with van der Waals surface area (Å²) in [5.41, 5.74) is 3.41. The smallest absolute Gasteiger partial charge is 0.247 e. The van der Waals surface area contributed by atoms with Crippen molar-refractivity contribution in [2.24, 2.45) is 0 Å². The Morgan fingerprint density at radius 1 is 1.15 bits per heavy atom. The maximum absolute atomic E-state index is 13.3. The van der Waals surface area contributed by atoms with Gasteiger partial charge in [0.1, 0.15) is 16.8 Å². The van der Waals surface area contributed by atoms with Crippen molar-refractivity contribution in [2.45, 2.75) is 35.5 Å². The van der Waals surface area contributed by atoms with Crippen LogP contribution in [-0.4, -0.2) is 29.2 Å². The van der Waals surface area contributed by atoms with Gasteiger partial charge in [-0.15, -0.1) is 0 Å². The van der Waals surface area contributed by atoms with E-state index in [0.29, 0.717) is 33.0 Å². The molecule has 1 saturated heterocycles. The number of hydrogen-bond donors (Lipinski definition) is 0. The molecule has 6 nitrogen and oxygen atoms in total. The van der Waals surface area contributed by atoms with E-state index in [1.54, 1.807) is 36.4 Å². The van der Waals surface area contributed by atoms with Crippen molar-refractivity contribution in [1.29, 1.82) is 5.26 Å². The molecule has 0 spiro atoms. The minimum absolute atomic E-state index is 0.0389. The number of benzene rings is 2. The Balaban J connectivity index is 1.50. The molecule has 0 N–H and O–H groups in total. The fourth-order valence-electron chi connectivity index (χ4n) is 4.03. The highest BCUT2D eigenvalue weighted by atomic mass is 35.5.